The first-order valence-corrected chi connectivity index (χ1v) is 11.0. The number of methoxy groups -OCH3 is 1. The Kier molecular flexibility index (Phi) is 5.38. The van der Waals surface area contributed by atoms with E-state index in [0.717, 1.165) is 48.2 Å². The molecule has 30 heavy (non-hydrogen) atoms. The van der Waals surface area contributed by atoms with E-state index in [2.05, 4.69) is 16.0 Å². The Balaban J connectivity index is 1.28. The van der Waals surface area contributed by atoms with Gasteiger partial charge in [0.05, 0.1) is 7.11 Å². The highest BCUT2D eigenvalue weighted by Gasteiger charge is 2.33. The number of fused-ring (bicyclic) bond motifs is 2. The number of rotatable bonds is 7. The Bertz CT molecular complexity index is 1030. The van der Waals surface area contributed by atoms with Crippen molar-refractivity contribution < 1.29 is 13.9 Å². The van der Waals surface area contributed by atoms with Gasteiger partial charge in [-0.1, -0.05) is 18.6 Å². The highest BCUT2D eigenvalue weighted by molar-refractivity contribution is 5.83. The quantitative estimate of drug-likeness (QED) is 0.591. The molecule has 1 aliphatic carbocycles. The monoisotopic (exact) mass is 408 g/mol. The van der Waals surface area contributed by atoms with E-state index in [-0.39, 0.29) is 5.82 Å². The largest absolute Gasteiger partial charge is 0.493 e. The van der Waals surface area contributed by atoms with Gasteiger partial charge in [0, 0.05) is 29.2 Å². The van der Waals surface area contributed by atoms with Crippen molar-refractivity contribution in [1.29, 1.82) is 0 Å². The van der Waals surface area contributed by atoms with Crippen molar-refractivity contribution in [2.24, 2.45) is 0 Å². The molecule has 1 aromatic heterocycles. The minimum atomic E-state index is -0.173. The maximum absolute atomic E-state index is 13.7. The number of nitrogens with zero attached hydrogens (tertiary/aromatic N) is 1. The maximum Gasteiger partial charge on any atom is 0.164 e. The van der Waals surface area contributed by atoms with Crippen molar-refractivity contribution >= 4 is 10.9 Å². The van der Waals surface area contributed by atoms with Gasteiger partial charge in [-0.25, -0.2) is 4.39 Å². The Hall–Kier alpha value is -2.53. The Morgan fingerprint density at radius 3 is 2.90 bits per heavy atom. The normalized spacial score (nSPS) is 18.8. The van der Waals surface area contributed by atoms with Crippen molar-refractivity contribution in [3.8, 4) is 11.5 Å². The zero-order valence-corrected chi connectivity index (χ0v) is 17.5. The summed E-state index contributed by atoms with van der Waals surface area (Å²) in [7, 11) is 1.70. The second-order valence-corrected chi connectivity index (χ2v) is 8.55. The fourth-order valence-electron chi connectivity index (χ4n) is 4.94. The third-order valence-electron chi connectivity index (χ3n) is 6.76. The van der Waals surface area contributed by atoms with Crippen molar-refractivity contribution in [2.45, 2.75) is 50.6 Å². The number of nitrogens with one attached hydrogen (secondary N) is 1. The minimum absolute atomic E-state index is 0.173. The van der Waals surface area contributed by atoms with Crippen LogP contribution in [0.5, 0.6) is 11.5 Å². The molecule has 0 amide bonds. The maximum atomic E-state index is 13.7. The third kappa shape index (κ3) is 3.67. The summed E-state index contributed by atoms with van der Waals surface area (Å²) in [5.41, 5.74) is 3.45. The van der Waals surface area contributed by atoms with Gasteiger partial charge in [-0.2, -0.15) is 0 Å². The molecule has 2 heterocycles. The van der Waals surface area contributed by atoms with Gasteiger partial charge in [-0.3, -0.25) is 4.90 Å². The van der Waals surface area contributed by atoms with Crippen LogP contribution in [-0.4, -0.2) is 42.2 Å². The first-order valence-electron chi connectivity index (χ1n) is 11.0. The van der Waals surface area contributed by atoms with Crippen molar-refractivity contribution in [3.63, 3.8) is 0 Å². The summed E-state index contributed by atoms with van der Waals surface area (Å²) < 4.78 is 25.3. The van der Waals surface area contributed by atoms with E-state index in [4.69, 9.17) is 9.47 Å². The average Bonchev–Trinajstić information content (AvgIpc) is 3.13. The summed E-state index contributed by atoms with van der Waals surface area (Å²) >= 11 is 0. The van der Waals surface area contributed by atoms with Crippen LogP contribution in [0.25, 0.3) is 10.9 Å². The fraction of sp³-hybridized carbons (Fsp3) is 0.440. The Morgan fingerprint density at radius 1 is 1.20 bits per heavy atom. The van der Waals surface area contributed by atoms with Gasteiger partial charge in [0.25, 0.3) is 0 Å². The van der Waals surface area contributed by atoms with E-state index >= 15 is 0 Å². The lowest BCUT2D eigenvalue weighted by Gasteiger charge is -2.44. The molecule has 1 aliphatic heterocycles. The fourth-order valence-corrected chi connectivity index (χ4v) is 4.94. The predicted molar refractivity (Wildman–Crippen MR) is 117 cm³/mol. The number of aromatic nitrogens is 1. The van der Waals surface area contributed by atoms with E-state index in [9.17, 15) is 4.39 Å². The summed E-state index contributed by atoms with van der Waals surface area (Å²) in [5.74, 6) is 1.56. The lowest BCUT2D eigenvalue weighted by Crippen LogP contribution is -2.51. The molecule has 1 unspecified atom stereocenters. The molecule has 0 spiro atoms. The van der Waals surface area contributed by atoms with Gasteiger partial charge in [-0.15, -0.1) is 0 Å². The molecule has 3 aromatic rings. The molecule has 0 radical (unpaired) electrons. The topological polar surface area (TPSA) is 37.5 Å². The smallest absolute Gasteiger partial charge is 0.164 e. The molecule has 0 bridgehead atoms. The van der Waals surface area contributed by atoms with Crippen molar-refractivity contribution in [2.75, 3.05) is 20.3 Å². The number of aromatic amines is 1. The van der Waals surface area contributed by atoms with Crippen LogP contribution >= 0.6 is 0 Å². The highest BCUT2D eigenvalue weighted by Crippen LogP contribution is 2.37. The molecule has 5 heteroatoms. The zero-order valence-electron chi connectivity index (χ0n) is 17.5. The lowest BCUT2D eigenvalue weighted by molar-refractivity contribution is 0.0428. The average molecular weight is 409 g/mol. The molecule has 2 aliphatic rings. The van der Waals surface area contributed by atoms with E-state index < -0.39 is 0 Å². The SMILES string of the molecule is COc1cccc2c1OCC(N(CCCc1c[nH]c3ccc(F)cc13)C1CCC1)C2. The van der Waals surface area contributed by atoms with Gasteiger partial charge >= 0.3 is 0 Å². The zero-order chi connectivity index (χ0) is 20.5. The van der Waals surface area contributed by atoms with Crippen LogP contribution < -0.4 is 9.47 Å². The molecule has 158 valence electrons. The van der Waals surface area contributed by atoms with Gasteiger partial charge in [0.2, 0.25) is 0 Å². The first-order chi connectivity index (χ1) is 14.7. The summed E-state index contributed by atoms with van der Waals surface area (Å²) in [6.07, 6.45) is 8.91. The van der Waals surface area contributed by atoms with E-state index in [1.165, 1.54) is 36.5 Å². The molecule has 4 nitrogen and oxygen atoms in total. The van der Waals surface area contributed by atoms with Crippen LogP contribution in [0.3, 0.4) is 0 Å². The van der Waals surface area contributed by atoms with Gasteiger partial charge in [0.15, 0.2) is 11.5 Å². The van der Waals surface area contributed by atoms with Crippen LogP contribution in [0.15, 0.2) is 42.6 Å². The molecule has 5 rings (SSSR count). The van der Waals surface area contributed by atoms with Crippen LogP contribution in [0.2, 0.25) is 0 Å². The number of aryl methyl sites for hydroxylation is 1. The summed E-state index contributed by atoms with van der Waals surface area (Å²) in [5, 5.41) is 1.01. The van der Waals surface area contributed by atoms with Crippen LogP contribution in [0.4, 0.5) is 4.39 Å². The second-order valence-electron chi connectivity index (χ2n) is 8.55. The minimum Gasteiger partial charge on any atom is -0.493 e. The summed E-state index contributed by atoms with van der Waals surface area (Å²) in [6.45, 7) is 1.75. The number of hydrogen-bond acceptors (Lipinski definition) is 3. The van der Waals surface area contributed by atoms with Crippen molar-refractivity contribution in [1.82, 2.24) is 9.88 Å². The molecule has 0 saturated heterocycles. The lowest BCUT2D eigenvalue weighted by atomic mass is 9.88. The van der Waals surface area contributed by atoms with Crippen LogP contribution in [0, 0.1) is 5.82 Å². The molecule has 1 saturated carbocycles. The van der Waals surface area contributed by atoms with Crippen LogP contribution in [0.1, 0.15) is 36.8 Å². The van der Waals surface area contributed by atoms with Crippen LogP contribution in [-0.2, 0) is 12.8 Å². The predicted octanol–water partition coefficient (Wildman–Crippen LogP) is 5.11. The number of halogens is 1. The standard InChI is InChI=1S/C25H29FN2O2/c1-29-24-9-2-5-17-13-21(16-30-25(17)24)28(20-7-3-8-20)12-4-6-18-15-27-23-11-10-19(26)14-22(18)23/h2,5,9-11,14-15,20-21,27H,3-4,6-8,12-13,16H2,1H3. The Morgan fingerprint density at radius 2 is 2.10 bits per heavy atom. The third-order valence-corrected chi connectivity index (χ3v) is 6.76. The molecule has 1 atom stereocenters. The molecular formula is C25H29FN2O2. The first kappa shape index (κ1) is 19.4. The van der Waals surface area contributed by atoms with Gasteiger partial charge in [0.1, 0.15) is 12.4 Å². The van der Waals surface area contributed by atoms with Crippen molar-refractivity contribution in [3.05, 3.63) is 59.5 Å². The molecular weight excluding hydrogens is 379 g/mol. The van der Waals surface area contributed by atoms with E-state index in [1.54, 1.807) is 13.2 Å². The number of hydrogen-bond donors (Lipinski definition) is 1. The number of ether oxygens (including phenoxy) is 2. The van der Waals surface area contributed by atoms with E-state index in [1.807, 2.05) is 24.4 Å². The highest BCUT2D eigenvalue weighted by atomic mass is 19.1. The summed E-state index contributed by atoms with van der Waals surface area (Å²) in [4.78, 5) is 5.94. The molecule has 1 fully saturated rings. The number of para-hydroxylation sites is 1. The number of benzene rings is 2. The molecule has 2 aromatic carbocycles. The number of H-pyrrole nitrogens is 1. The van der Waals surface area contributed by atoms with Gasteiger partial charge < -0.3 is 14.5 Å². The van der Waals surface area contributed by atoms with Gasteiger partial charge in [-0.05, 0) is 74.0 Å². The summed E-state index contributed by atoms with van der Waals surface area (Å²) in [6, 6.07) is 12.2. The second kappa shape index (κ2) is 8.31. The Labute approximate surface area is 177 Å². The van der Waals surface area contributed by atoms with E-state index in [0.29, 0.717) is 18.7 Å². The molecule has 1 N–H and O–H groups in total.